The Kier molecular flexibility index (Phi) is 3.19. The molecule has 2 aliphatic heterocycles. The first-order valence-electron chi connectivity index (χ1n) is 5.36. The van der Waals surface area contributed by atoms with Crippen LogP contribution in [0, 0.1) is 0 Å². The molecule has 0 N–H and O–H groups in total. The zero-order valence-corrected chi connectivity index (χ0v) is 9.98. The number of carbonyl (C=O) groups is 4. The highest BCUT2D eigenvalue weighted by atomic mass is 32.1. The van der Waals surface area contributed by atoms with Gasteiger partial charge in [0, 0.05) is 32.4 Å². The van der Waals surface area contributed by atoms with Crippen molar-refractivity contribution >= 4 is 36.3 Å². The Morgan fingerprint density at radius 1 is 0.941 bits per heavy atom. The number of rotatable bonds is 3. The molecule has 0 aliphatic carbocycles. The van der Waals surface area contributed by atoms with E-state index < -0.39 is 5.25 Å². The minimum Gasteiger partial charge on any atom is -0.281 e. The molecule has 1 atom stereocenters. The molecule has 0 bridgehead atoms. The van der Waals surface area contributed by atoms with Gasteiger partial charge in [-0.1, -0.05) is 0 Å². The van der Waals surface area contributed by atoms with Gasteiger partial charge in [-0.2, -0.15) is 12.6 Å². The molecular weight excluding hydrogens is 244 g/mol. The highest BCUT2D eigenvalue weighted by Gasteiger charge is 2.37. The number of nitrogens with zero attached hydrogens (tertiary/aromatic N) is 2. The van der Waals surface area contributed by atoms with E-state index >= 15 is 0 Å². The van der Waals surface area contributed by atoms with Gasteiger partial charge in [0.2, 0.25) is 23.6 Å². The van der Waals surface area contributed by atoms with Crippen LogP contribution in [0.15, 0.2) is 0 Å². The molecule has 2 saturated heterocycles. The van der Waals surface area contributed by atoms with Gasteiger partial charge in [0.25, 0.3) is 0 Å². The Labute approximate surface area is 103 Å². The minimum atomic E-state index is -0.590. The summed E-state index contributed by atoms with van der Waals surface area (Å²) in [4.78, 5) is 47.8. The number of hydrogen-bond acceptors (Lipinski definition) is 5. The lowest BCUT2D eigenvalue weighted by Crippen LogP contribution is -2.40. The summed E-state index contributed by atoms with van der Waals surface area (Å²) in [5, 5.41) is -0.590. The van der Waals surface area contributed by atoms with E-state index in [0.717, 1.165) is 9.80 Å². The Morgan fingerprint density at radius 3 is 1.94 bits per heavy atom. The Morgan fingerprint density at radius 2 is 1.47 bits per heavy atom. The van der Waals surface area contributed by atoms with Crippen LogP contribution in [0.4, 0.5) is 0 Å². The SMILES string of the molecule is O=C1CCC(=O)N1CCN1C(=O)CC(S)C1=O. The number of imide groups is 2. The molecule has 0 saturated carbocycles. The van der Waals surface area contributed by atoms with E-state index in [1.165, 1.54) is 0 Å². The Hall–Kier alpha value is -1.37. The van der Waals surface area contributed by atoms with Crippen LogP contribution in [-0.2, 0) is 19.2 Å². The number of likely N-dealkylation sites (tertiary alicyclic amines) is 2. The van der Waals surface area contributed by atoms with Gasteiger partial charge in [-0.05, 0) is 0 Å². The first-order valence-corrected chi connectivity index (χ1v) is 5.88. The van der Waals surface area contributed by atoms with E-state index in [1.807, 2.05) is 0 Å². The van der Waals surface area contributed by atoms with E-state index in [1.54, 1.807) is 0 Å². The number of thiol groups is 1. The molecule has 0 aromatic heterocycles. The van der Waals surface area contributed by atoms with E-state index in [-0.39, 0.29) is 56.0 Å². The molecule has 4 amide bonds. The van der Waals surface area contributed by atoms with Gasteiger partial charge in [-0.25, -0.2) is 0 Å². The third kappa shape index (κ3) is 2.19. The van der Waals surface area contributed by atoms with E-state index in [0.29, 0.717) is 0 Å². The highest BCUT2D eigenvalue weighted by Crippen LogP contribution is 2.18. The second kappa shape index (κ2) is 4.48. The summed E-state index contributed by atoms with van der Waals surface area (Å²) in [7, 11) is 0. The summed E-state index contributed by atoms with van der Waals surface area (Å²) >= 11 is 3.98. The molecule has 0 spiro atoms. The van der Waals surface area contributed by atoms with Crippen molar-refractivity contribution in [1.29, 1.82) is 0 Å². The summed E-state index contributed by atoms with van der Waals surface area (Å²) < 4.78 is 0. The van der Waals surface area contributed by atoms with Crippen LogP contribution in [0.2, 0.25) is 0 Å². The fraction of sp³-hybridized carbons (Fsp3) is 0.600. The van der Waals surface area contributed by atoms with Crippen molar-refractivity contribution in [2.75, 3.05) is 13.1 Å². The lowest BCUT2D eigenvalue weighted by atomic mass is 10.4. The van der Waals surface area contributed by atoms with Gasteiger partial charge in [0.1, 0.15) is 0 Å². The predicted octanol–water partition coefficient (Wildman–Crippen LogP) is -0.807. The maximum atomic E-state index is 11.5. The van der Waals surface area contributed by atoms with Crippen molar-refractivity contribution in [3.63, 3.8) is 0 Å². The quantitative estimate of drug-likeness (QED) is 0.529. The summed E-state index contributed by atoms with van der Waals surface area (Å²) in [6.07, 6.45) is 0.523. The van der Waals surface area contributed by atoms with Gasteiger partial charge in [0.05, 0.1) is 5.25 Å². The summed E-state index contributed by atoms with van der Waals surface area (Å²) in [6.45, 7) is 0.169. The van der Waals surface area contributed by atoms with Crippen LogP contribution in [0.1, 0.15) is 19.3 Å². The van der Waals surface area contributed by atoms with E-state index in [9.17, 15) is 19.2 Å². The van der Waals surface area contributed by atoms with E-state index in [2.05, 4.69) is 12.6 Å². The molecular formula is C10H12N2O4S. The molecule has 17 heavy (non-hydrogen) atoms. The number of carbonyl (C=O) groups excluding carboxylic acids is 4. The van der Waals surface area contributed by atoms with Crippen molar-refractivity contribution in [1.82, 2.24) is 9.80 Å². The Balaban J connectivity index is 1.94. The molecule has 6 nitrogen and oxygen atoms in total. The largest absolute Gasteiger partial charge is 0.281 e. The van der Waals surface area contributed by atoms with Gasteiger partial charge >= 0.3 is 0 Å². The number of hydrogen-bond donors (Lipinski definition) is 1. The van der Waals surface area contributed by atoms with Crippen molar-refractivity contribution < 1.29 is 19.2 Å². The molecule has 2 aliphatic rings. The van der Waals surface area contributed by atoms with Gasteiger partial charge in [-0.3, -0.25) is 29.0 Å². The van der Waals surface area contributed by atoms with E-state index in [4.69, 9.17) is 0 Å². The zero-order valence-electron chi connectivity index (χ0n) is 9.09. The number of amides is 4. The monoisotopic (exact) mass is 256 g/mol. The van der Waals surface area contributed by atoms with Crippen LogP contribution < -0.4 is 0 Å². The lowest BCUT2D eigenvalue weighted by Gasteiger charge is -2.18. The average Bonchev–Trinajstić information content (AvgIpc) is 2.70. The molecule has 92 valence electrons. The maximum Gasteiger partial charge on any atom is 0.242 e. The van der Waals surface area contributed by atoms with Gasteiger partial charge in [0.15, 0.2) is 0 Å². The molecule has 0 aromatic rings. The third-order valence-electron chi connectivity index (χ3n) is 2.92. The van der Waals surface area contributed by atoms with Crippen molar-refractivity contribution in [3.8, 4) is 0 Å². The fourth-order valence-corrected chi connectivity index (χ4v) is 2.27. The molecule has 7 heteroatoms. The fourth-order valence-electron chi connectivity index (χ4n) is 1.97. The summed E-state index contributed by atoms with van der Waals surface area (Å²) in [5.74, 6) is -1.13. The van der Waals surface area contributed by atoms with Gasteiger partial charge in [-0.15, -0.1) is 0 Å². The summed E-state index contributed by atoms with van der Waals surface area (Å²) in [6, 6.07) is 0. The van der Waals surface area contributed by atoms with Crippen LogP contribution in [-0.4, -0.2) is 51.8 Å². The third-order valence-corrected chi connectivity index (χ3v) is 3.33. The van der Waals surface area contributed by atoms with Gasteiger partial charge < -0.3 is 0 Å². The molecule has 2 heterocycles. The van der Waals surface area contributed by atoms with Crippen LogP contribution in [0.3, 0.4) is 0 Å². The second-order valence-corrected chi connectivity index (χ2v) is 4.67. The summed E-state index contributed by atoms with van der Waals surface area (Å²) in [5.41, 5.74) is 0. The van der Waals surface area contributed by atoms with Crippen molar-refractivity contribution in [2.45, 2.75) is 24.5 Å². The minimum absolute atomic E-state index is 0.0756. The van der Waals surface area contributed by atoms with Crippen LogP contribution in [0.5, 0.6) is 0 Å². The Bertz CT molecular complexity index is 393. The predicted molar refractivity (Wildman–Crippen MR) is 60.1 cm³/mol. The van der Waals surface area contributed by atoms with Crippen LogP contribution in [0.25, 0.3) is 0 Å². The lowest BCUT2D eigenvalue weighted by molar-refractivity contribution is -0.143. The zero-order chi connectivity index (χ0) is 12.6. The molecule has 1 unspecified atom stereocenters. The second-order valence-electron chi connectivity index (χ2n) is 4.04. The standard InChI is InChI=1S/C10H12N2O4S/c13-7-1-2-8(14)11(7)3-4-12-9(15)5-6(17)10(12)16/h6,17H,1-5H2. The topological polar surface area (TPSA) is 74.8 Å². The highest BCUT2D eigenvalue weighted by molar-refractivity contribution is 7.81. The van der Waals surface area contributed by atoms with Crippen molar-refractivity contribution in [3.05, 3.63) is 0 Å². The first kappa shape index (κ1) is 12.1. The van der Waals surface area contributed by atoms with Crippen LogP contribution >= 0.6 is 12.6 Å². The molecule has 2 rings (SSSR count). The molecule has 0 radical (unpaired) electrons. The maximum absolute atomic E-state index is 11.5. The normalized spacial score (nSPS) is 25.4. The molecule has 2 fully saturated rings. The average molecular weight is 256 g/mol. The smallest absolute Gasteiger partial charge is 0.242 e. The molecule has 0 aromatic carbocycles. The first-order chi connectivity index (χ1) is 8.00. The van der Waals surface area contributed by atoms with Crippen molar-refractivity contribution in [2.24, 2.45) is 0 Å².